The van der Waals surface area contributed by atoms with E-state index in [1.165, 1.54) is 5.57 Å². The van der Waals surface area contributed by atoms with Gasteiger partial charge in [-0.2, -0.15) is 0 Å². The molecule has 1 fully saturated rings. The molecule has 0 aromatic rings. The van der Waals surface area contributed by atoms with Crippen LogP contribution in [-0.2, 0) is 4.79 Å². The Labute approximate surface area is 90.7 Å². The van der Waals surface area contributed by atoms with Gasteiger partial charge < -0.3 is 10.8 Å². The van der Waals surface area contributed by atoms with Gasteiger partial charge in [-0.25, -0.2) is 0 Å². The molecule has 1 aliphatic carbocycles. The van der Waals surface area contributed by atoms with E-state index < -0.39 is 11.5 Å². The molecule has 1 rings (SSSR count). The maximum Gasteiger partial charge on any atom is 0.324 e. The highest BCUT2D eigenvalue weighted by Crippen LogP contribution is 2.34. The van der Waals surface area contributed by atoms with Crippen molar-refractivity contribution in [1.29, 1.82) is 0 Å². The lowest BCUT2D eigenvalue weighted by atomic mass is 9.76. The molecule has 15 heavy (non-hydrogen) atoms. The molecule has 0 aromatic carbocycles. The maximum atomic E-state index is 11.0. The van der Waals surface area contributed by atoms with E-state index in [-0.39, 0.29) is 0 Å². The van der Waals surface area contributed by atoms with Crippen LogP contribution in [0.1, 0.15) is 39.5 Å². The normalized spacial score (nSPS) is 32.2. The number of rotatable bonds is 2. The van der Waals surface area contributed by atoms with Crippen LogP contribution in [0, 0.1) is 0 Å². The highest BCUT2D eigenvalue weighted by Gasteiger charge is 2.38. The van der Waals surface area contributed by atoms with Crippen molar-refractivity contribution in [3.63, 3.8) is 0 Å². The predicted octanol–water partition coefficient (Wildman–Crippen LogP) is 2.24. The third kappa shape index (κ3) is 2.48. The zero-order valence-corrected chi connectivity index (χ0v) is 9.42. The summed E-state index contributed by atoms with van der Waals surface area (Å²) in [6.07, 6.45) is 6.81. The number of carboxylic acids is 1. The van der Waals surface area contributed by atoms with Crippen molar-refractivity contribution in [2.24, 2.45) is 5.73 Å². The first-order valence-electron chi connectivity index (χ1n) is 5.40. The van der Waals surface area contributed by atoms with Crippen molar-refractivity contribution in [2.75, 3.05) is 0 Å². The van der Waals surface area contributed by atoms with Crippen molar-refractivity contribution >= 4 is 5.97 Å². The molecule has 0 amide bonds. The van der Waals surface area contributed by atoms with Crippen molar-refractivity contribution in [2.45, 2.75) is 45.1 Å². The second kappa shape index (κ2) is 4.62. The van der Waals surface area contributed by atoms with E-state index in [0.717, 1.165) is 18.4 Å². The lowest BCUT2D eigenvalue weighted by Crippen LogP contribution is -2.50. The lowest BCUT2D eigenvalue weighted by Gasteiger charge is -2.32. The summed E-state index contributed by atoms with van der Waals surface area (Å²) in [6, 6.07) is 0. The third-order valence-corrected chi connectivity index (χ3v) is 2.98. The lowest BCUT2D eigenvalue weighted by molar-refractivity contribution is -0.143. The van der Waals surface area contributed by atoms with Crippen LogP contribution in [0.3, 0.4) is 0 Å². The standard InChI is InChI=1S/C12H19NO2/c1-3-5-10-8-12(13,11(14)15)7-6-9(10)4-2/h4-5H,3,6-8,13H2,1-2H3,(H,14,15)/b9-4-,10-5-. The van der Waals surface area contributed by atoms with Crippen LogP contribution in [-0.4, -0.2) is 16.6 Å². The smallest absolute Gasteiger partial charge is 0.324 e. The summed E-state index contributed by atoms with van der Waals surface area (Å²) in [4.78, 5) is 11.0. The summed E-state index contributed by atoms with van der Waals surface area (Å²) in [5, 5.41) is 9.07. The summed E-state index contributed by atoms with van der Waals surface area (Å²) in [5.74, 6) is -0.889. The van der Waals surface area contributed by atoms with Crippen LogP contribution < -0.4 is 5.73 Å². The van der Waals surface area contributed by atoms with Crippen molar-refractivity contribution in [1.82, 2.24) is 0 Å². The van der Waals surface area contributed by atoms with Gasteiger partial charge in [-0.3, -0.25) is 4.79 Å². The Morgan fingerprint density at radius 1 is 1.60 bits per heavy atom. The Kier molecular flexibility index (Phi) is 3.69. The number of nitrogens with two attached hydrogens (primary N) is 1. The molecule has 1 unspecified atom stereocenters. The minimum absolute atomic E-state index is 0.454. The van der Waals surface area contributed by atoms with Crippen LogP contribution in [0.5, 0.6) is 0 Å². The van der Waals surface area contributed by atoms with Crippen LogP contribution in [0.15, 0.2) is 23.3 Å². The highest BCUT2D eigenvalue weighted by molar-refractivity contribution is 5.79. The fraction of sp³-hybridized carbons (Fsp3) is 0.583. The molecule has 3 nitrogen and oxygen atoms in total. The van der Waals surface area contributed by atoms with Crippen LogP contribution in [0.25, 0.3) is 0 Å². The first kappa shape index (κ1) is 12.0. The Morgan fingerprint density at radius 2 is 2.27 bits per heavy atom. The number of carboxylic acid groups (broad SMARTS) is 1. The van der Waals surface area contributed by atoms with E-state index in [2.05, 4.69) is 12.2 Å². The van der Waals surface area contributed by atoms with E-state index in [1.807, 2.05) is 13.8 Å². The Hall–Kier alpha value is -1.09. The van der Waals surface area contributed by atoms with Gasteiger partial charge in [0.1, 0.15) is 5.54 Å². The molecular formula is C12H19NO2. The molecule has 0 aromatic heterocycles. The molecule has 0 saturated heterocycles. The van der Waals surface area contributed by atoms with E-state index >= 15 is 0 Å². The molecule has 0 radical (unpaired) electrons. The number of aliphatic carboxylic acids is 1. The summed E-state index contributed by atoms with van der Waals surface area (Å²) >= 11 is 0. The zero-order chi connectivity index (χ0) is 11.5. The average molecular weight is 209 g/mol. The molecule has 1 atom stereocenters. The Morgan fingerprint density at radius 3 is 2.73 bits per heavy atom. The second-order valence-corrected chi connectivity index (χ2v) is 4.09. The molecule has 3 N–H and O–H groups in total. The quantitative estimate of drug-likeness (QED) is 0.733. The van der Waals surface area contributed by atoms with Crippen molar-refractivity contribution in [3.8, 4) is 0 Å². The number of allylic oxidation sites excluding steroid dienone is 3. The molecule has 1 saturated carbocycles. The van der Waals surface area contributed by atoms with E-state index in [9.17, 15) is 4.79 Å². The third-order valence-electron chi connectivity index (χ3n) is 2.98. The largest absolute Gasteiger partial charge is 0.480 e. The van der Waals surface area contributed by atoms with Crippen molar-refractivity contribution in [3.05, 3.63) is 23.3 Å². The summed E-state index contributed by atoms with van der Waals surface area (Å²) in [7, 11) is 0. The van der Waals surface area contributed by atoms with Gasteiger partial charge in [0.05, 0.1) is 0 Å². The SMILES string of the molecule is C/C=C1/CCC(N)(C(=O)O)C/C1=C/CC. The van der Waals surface area contributed by atoms with Gasteiger partial charge in [0, 0.05) is 6.42 Å². The molecule has 0 spiro atoms. The summed E-state index contributed by atoms with van der Waals surface area (Å²) < 4.78 is 0. The first-order chi connectivity index (χ1) is 7.03. The molecule has 84 valence electrons. The summed E-state index contributed by atoms with van der Waals surface area (Å²) in [6.45, 7) is 4.04. The Bertz CT molecular complexity index is 318. The monoisotopic (exact) mass is 209 g/mol. The van der Waals surface area contributed by atoms with Crippen LogP contribution >= 0.6 is 0 Å². The van der Waals surface area contributed by atoms with Gasteiger partial charge in [-0.15, -0.1) is 0 Å². The Balaban J connectivity index is 2.93. The van der Waals surface area contributed by atoms with Gasteiger partial charge in [-0.1, -0.05) is 19.1 Å². The van der Waals surface area contributed by atoms with E-state index in [4.69, 9.17) is 10.8 Å². The minimum atomic E-state index is -1.06. The topological polar surface area (TPSA) is 63.3 Å². The van der Waals surface area contributed by atoms with Crippen molar-refractivity contribution < 1.29 is 9.90 Å². The van der Waals surface area contributed by atoms with Gasteiger partial charge >= 0.3 is 5.97 Å². The molecule has 1 aliphatic rings. The predicted molar refractivity (Wildman–Crippen MR) is 60.5 cm³/mol. The summed E-state index contributed by atoms with van der Waals surface area (Å²) in [5.41, 5.74) is 7.17. The molecule has 0 bridgehead atoms. The molecule has 0 heterocycles. The zero-order valence-electron chi connectivity index (χ0n) is 9.42. The van der Waals surface area contributed by atoms with Crippen LogP contribution in [0.2, 0.25) is 0 Å². The van der Waals surface area contributed by atoms with E-state index in [1.54, 1.807) is 0 Å². The van der Waals surface area contributed by atoms with E-state index in [0.29, 0.717) is 12.8 Å². The molecule has 3 heteroatoms. The fourth-order valence-electron chi connectivity index (χ4n) is 2.02. The van der Waals surface area contributed by atoms with Gasteiger partial charge in [0.2, 0.25) is 0 Å². The van der Waals surface area contributed by atoms with Gasteiger partial charge in [0.15, 0.2) is 0 Å². The van der Waals surface area contributed by atoms with Gasteiger partial charge in [-0.05, 0) is 37.3 Å². The van der Waals surface area contributed by atoms with Gasteiger partial charge in [0.25, 0.3) is 0 Å². The maximum absolute atomic E-state index is 11.0. The number of hydrogen-bond acceptors (Lipinski definition) is 2. The average Bonchev–Trinajstić information content (AvgIpc) is 2.18. The first-order valence-corrected chi connectivity index (χ1v) is 5.40. The molecular weight excluding hydrogens is 190 g/mol. The minimum Gasteiger partial charge on any atom is -0.480 e. The fourth-order valence-corrected chi connectivity index (χ4v) is 2.02. The number of hydrogen-bond donors (Lipinski definition) is 2. The van der Waals surface area contributed by atoms with Crippen LogP contribution in [0.4, 0.5) is 0 Å². The molecule has 0 aliphatic heterocycles. The highest BCUT2D eigenvalue weighted by atomic mass is 16.4. The second-order valence-electron chi connectivity index (χ2n) is 4.09. The number of carbonyl (C=O) groups is 1.